The molecule has 0 aliphatic rings. The molecule has 0 aliphatic carbocycles. The number of aromatic nitrogens is 2. The van der Waals surface area contributed by atoms with Crippen molar-refractivity contribution in [2.24, 2.45) is 0 Å². The van der Waals surface area contributed by atoms with Crippen LogP contribution in [0.5, 0.6) is 5.75 Å². The number of ether oxygens (including phenoxy) is 1. The molecule has 1 heterocycles. The Balaban J connectivity index is 2.38. The molecule has 6 heteroatoms. The van der Waals surface area contributed by atoms with Gasteiger partial charge in [-0.2, -0.15) is 13.2 Å². The maximum Gasteiger partial charge on any atom is 0.422 e. The molecule has 1 aromatic heterocycles. The summed E-state index contributed by atoms with van der Waals surface area (Å²) in [5, 5.41) is 0. The number of nitrogens with zero attached hydrogens (tertiary/aromatic N) is 2. The fourth-order valence-corrected chi connectivity index (χ4v) is 1.65. The molecular formula is C14H11F3N2O. The van der Waals surface area contributed by atoms with Crippen molar-refractivity contribution < 1.29 is 17.9 Å². The van der Waals surface area contributed by atoms with E-state index in [4.69, 9.17) is 11.2 Å². The quantitative estimate of drug-likeness (QED) is 0.808. The van der Waals surface area contributed by atoms with Gasteiger partial charge in [-0.05, 0) is 25.1 Å². The Labute approximate surface area is 114 Å². The number of hydrogen-bond acceptors (Lipinski definition) is 2. The molecule has 1 aromatic carbocycles. The zero-order valence-corrected chi connectivity index (χ0v) is 10.6. The van der Waals surface area contributed by atoms with E-state index in [0.717, 1.165) is 5.69 Å². The number of imidazole rings is 1. The molecule has 2 aromatic rings. The van der Waals surface area contributed by atoms with Gasteiger partial charge in [-0.25, -0.2) is 4.98 Å². The van der Waals surface area contributed by atoms with Gasteiger partial charge >= 0.3 is 6.18 Å². The van der Waals surface area contributed by atoms with E-state index in [1.54, 1.807) is 29.8 Å². The Bertz CT molecular complexity index is 653. The van der Waals surface area contributed by atoms with E-state index in [-0.39, 0.29) is 5.75 Å². The highest BCUT2D eigenvalue weighted by atomic mass is 19.4. The van der Waals surface area contributed by atoms with Gasteiger partial charge in [0, 0.05) is 11.8 Å². The minimum Gasteiger partial charge on any atom is -0.482 e. The summed E-state index contributed by atoms with van der Waals surface area (Å²) in [6, 6.07) is 4.63. The summed E-state index contributed by atoms with van der Waals surface area (Å²) in [7, 11) is 0. The molecule has 20 heavy (non-hydrogen) atoms. The topological polar surface area (TPSA) is 27.1 Å². The van der Waals surface area contributed by atoms with Gasteiger partial charge in [0.15, 0.2) is 6.61 Å². The van der Waals surface area contributed by atoms with Crippen LogP contribution >= 0.6 is 0 Å². The average Bonchev–Trinajstić information content (AvgIpc) is 2.81. The lowest BCUT2D eigenvalue weighted by molar-refractivity contribution is -0.153. The molecule has 0 saturated heterocycles. The summed E-state index contributed by atoms with van der Waals surface area (Å²) in [4.78, 5) is 4.03. The first-order valence-corrected chi connectivity index (χ1v) is 5.70. The number of aryl methyl sites for hydroxylation is 1. The minimum atomic E-state index is -4.41. The molecule has 0 bridgehead atoms. The predicted molar refractivity (Wildman–Crippen MR) is 67.8 cm³/mol. The van der Waals surface area contributed by atoms with Crippen molar-refractivity contribution in [2.45, 2.75) is 13.1 Å². The number of alkyl halides is 3. The molecule has 0 saturated carbocycles. The van der Waals surface area contributed by atoms with E-state index >= 15 is 0 Å². The monoisotopic (exact) mass is 280 g/mol. The van der Waals surface area contributed by atoms with Crippen LogP contribution in [0.25, 0.3) is 5.69 Å². The number of halogens is 3. The third-order valence-corrected chi connectivity index (χ3v) is 2.51. The smallest absolute Gasteiger partial charge is 0.422 e. The SMILES string of the molecule is C#Cc1ccc(-n2cnc(C)c2)c(OCC(F)(F)F)c1. The van der Waals surface area contributed by atoms with Crippen molar-refractivity contribution in [1.29, 1.82) is 0 Å². The van der Waals surface area contributed by atoms with Crippen molar-refractivity contribution in [1.82, 2.24) is 9.55 Å². The van der Waals surface area contributed by atoms with Gasteiger partial charge in [0.2, 0.25) is 0 Å². The summed E-state index contributed by atoms with van der Waals surface area (Å²) < 4.78 is 43.3. The van der Waals surface area contributed by atoms with E-state index in [1.807, 2.05) is 0 Å². The second-order valence-corrected chi connectivity index (χ2v) is 4.15. The highest BCUT2D eigenvalue weighted by molar-refractivity contribution is 5.52. The fourth-order valence-electron chi connectivity index (χ4n) is 1.65. The van der Waals surface area contributed by atoms with E-state index in [0.29, 0.717) is 11.3 Å². The van der Waals surface area contributed by atoms with Gasteiger partial charge in [0.05, 0.1) is 17.7 Å². The molecule has 0 radical (unpaired) electrons. The fraction of sp³-hybridized carbons (Fsp3) is 0.214. The highest BCUT2D eigenvalue weighted by Crippen LogP contribution is 2.26. The maximum absolute atomic E-state index is 12.3. The third-order valence-electron chi connectivity index (χ3n) is 2.51. The molecular weight excluding hydrogens is 269 g/mol. The summed E-state index contributed by atoms with van der Waals surface area (Å²) in [6.07, 6.45) is 4.02. The Morgan fingerprint density at radius 1 is 1.40 bits per heavy atom. The van der Waals surface area contributed by atoms with Crippen LogP contribution in [-0.2, 0) is 0 Å². The van der Waals surface area contributed by atoms with Gasteiger partial charge in [0.1, 0.15) is 5.75 Å². The normalized spacial score (nSPS) is 11.2. The summed E-state index contributed by atoms with van der Waals surface area (Å²) in [5.74, 6) is 2.43. The van der Waals surface area contributed by atoms with E-state index < -0.39 is 12.8 Å². The highest BCUT2D eigenvalue weighted by Gasteiger charge is 2.29. The van der Waals surface area contributed by atoms with Gasteiger partial charge < -0.3 is 9.30 Å². The Morgan fingerprint density at radius 3 is 2.70 bits per heavy atom. The van der Waals surface area contributed by atoms with Crippen LogP contribution in [0.15, 0.2) is 30.7 Å². The number of hydrogen-bond donors (Lipinski definition) is 0. The largest absolute Gasteiger partial charge is 0.482 e. The number of terminal acetylenes is 1. The van der Waals surface area contributed by atoms with Crippen LogP contribution in [0.4, 0.5) is 13.2 Å². The van der Waals surface area contributed by atoms with E-state index in [2.05, 4.69) is 10.9 Å². The molecule has 104 valence electrons. The second-order valence-electron chi connectivity index (χ2n) is 4.15. The maximum atomic E-state index is 12.3. The van der Waals surface area contributed by atoms with Crippen molar-refractivity contribution >= 4 is 0 Å². The molecule has 3 nitrogen and oxygen atoms in total. The molecule has 0 fully saturated rings. The first-order valence-electron chi connectivity index (χ1n) is 5.70. The number of benzene rings is 1. The second kappa shape index (κ2) is 5.29. The van der Waals surface area contributed by atoms with Gasteiger partial charge in [-0.3, -0.25) is 0 Å². The summed E-state index contributed by atoms with van der Waals surface area (Å²) >= 11 is 0. The van der Waals surface area contributed by atoms with Gasteiger partial charge in [-0.15, -0.1) is 6.42 Å². The molecule has 0 N–H and O–H groups in total. The molecule has 0 unspecified atom stereocenters. The van der Waals surface area contributed by atoms with Crippen molar-refractivity contribution in [2.75, 3.05) is 6.61 Å². The van der Waals surface area contributed by atoms with Crippen LogP contribution in [0, 0.1) is 19.3 Å². The van der Waals surface area contributed by atoms with Crippen molar-refractivity contribution in [3.05, 3.63) is 42.0 Å². The zero-order chi connectivity index (χ0) is 14.8. The Morgan fingerprint density at radius 2 is 2.15 bits per heavy atom. The van der Waals surface area contributed by atoms with Gasteiger partial charge in [-0.1, -0.05) is 5.92 Å². The Kier molecular flexibility index (Phi) is 3.70. The standard InChI is InChI=1S/C14H11F3N2O/c1-3-11-4-5-12(19-7-10(2)18-9-19)13(6-11)20-8-14(15,16)17/h1,4-7,9H,8H2,2H3. The predicted octanol–water partition coefficient (Wildman–Crippen LogP) is 3.10. The van der Waals surface area contributed by atoms with Gasteiger partial charge in [0.25, 0.3) is 0 Å². The number of rotatable bonds is 3. The van der Waals surface area contributed by atoms with Crippen molar-refractivity contribution in [3.8, 4) is 23.8 Å². The van der Waals surface area contributed by atoms with Crippen LogP contribution in [0.3, 0.4) is 0 Å². The third kappa shape index (κ3) is 3.32. The van der Waals surface area contributed by atoms with E-state index in [1.165, 1.54) is 12.4 Å². The lowest BCUT2D eigenvalue weighted by Gasteiger charge is -2.14. The van der Waals surface area contributed by atoms with Crippen LogP contribution in [0.1, 0.15) is 11.3 Å². The zero-order valence-electron chi connectivity index (χ0n) is 10.6. The first kappa shape index (κ1) is 14.0. The summed E-state index contributed by atoms with van der Waals surface area (Å²) in [5.41, 5.74) is 1.64. The minimum absolute atomic E-state index is 0.0650. The molecule has 0 aliphatic heterocycles. The lowest BCUT2D eigenvalue weighted by atomic mass is 10.2. The lowest BCUT2D eigenvalue weighted by Crippen LogP contribution is -2.19. The Hall–Kier alpha value is -2.42. The van der Waals surface area contributed by atoms with Crippen molar-refractivity contribution in [3.63, 3.8) is 0 Å². The molecule has 0 atom stereocenters. The molecule has 2 rings (SSSR count). The van der Waals surface area contributed by atoms with E-state index in [9.17, 15) is 13.2 Å². The average molecular weight is 280 g/mol. The van der Waals surface area contributed by atoms with Crippen LogP contribution in [0.2, 0.25) is 0 Å². The molecule has 0 amide bonds. The molecule has 0 spiro atoms. The van der Waals surface area contributed by atoms with Crippen LogP contribution in [-0.4, -0.2) is 22.3 Å². The van der Waals surface area contributed by atoms with Crippen LogP contribution < -0.4 is 4.74 Å². The summed E-state index contributed by atoms with van der Waals surface area (Å²) in [6.45, 7) is 0.407. The first-order chi connectivity index (χ1) is 9.39.